The average molecular weight is 271 g/mol. The summed E-state index contributed by atoms with van der Waals surface area (Å²) in [6.07, 6.45) is 0.181. The van der Waals surface area contributed by atoms with Crippen molar-refractivity contribution in [3.8, 4) is 11.5 Å². The summed E-state index contributed by atoms with van der Waals surface area (Å²) in [5.41, 5.74) is 3.26. The van der Waals surface area contributed by atoms with Crippen LogP contribution in [0, 0.1) is 6.92 Å². The third-order valence-electron chi connectivity index (χ3n) is 2.96. The van der Waals surface area contributed by atoms with Gasteiger partial charge in [-0.25, -0.2) is 0 Å². The Bertz CT molecular complexity index is 579. The molecule has 0 spiro atoms. The van der Waals surface area contributed by atoms with Crippen LogP contribution in [-0.4, -0.2) is 11.2 Å². The number of phenols is 1. The van der Waals surface area contributed by atoms with E-state index in [1.165, 1.54) is 0 Å². The number of phenolic OH excluding ortho intramolecular Hbond substituents is 1. The fourth-order valence-electron chi connectivity index (χ4n) is 2.04. The monoisotopic (exact) mass is 271 g/mol. The SMILES string of the molecule is Cc1cc(OC(C)C)ccc1NCc1cccc(O)c1. The molecule has 2 aromatic rings. The molecule has 0 aromatic heterocycles. The van der Waals surface area contributed by atoms with Crippen LogP contribution in [-0.2, 0) is 6.54 Å². The predicted molar refractivity (Wildman–Crippen MR) is 82.4 cm³/mol. The van der Waals surface area contributed by atoms with Crippen LogP contribution >= 0.6 is 0 Å². The first-order chi connectivity index (χ1) is 9.54. The zero-order valence-electron chi connectivity index (χ0n) is 12.2. The molecule has 0 unspecified atom stereocenters. The number of anilines is 1. The molecule has 3 nitrogen and oxygen atoms in total. The van der Waals surface area contributed by atoms with E-state index in [0.717, 1.165) is 22.6 Å². The average Bonchev–Trinajstić information content (AvgIpc) is 2.37. The van der Waals surface area contributed by atoms with Gasteiger partial charge in [0.2, 0.25) is 0 Å². The first-order valence-corrected chi connectivity index (χ1v) is 6.83. The van der Waals surface area contributed by atoms with Crippen molar-refractivity contribution in [2.75, 3.05) is 5.32 Å². The summed E-state index contributed by atoms with van der Waals surface area (Å²) in [7, 11) is 0. The van der Waals surface area contributed by atoms with Crippen LogP contribution in [0.25, 0.3) is 0 Å². The zero-order chi connectivity index (χ0) is 14.5. The molecule has 0 saturated heterocycles. The molecule has 0 fully saturated rings. The number of rotatable bonds is 5. The Morgan fingerprint density at radius 1 is 1.15 bits per heavy atom. The molecule has 0 heterocycles. The molecule has 0 radical (unpaired) electrons. The number of benzene rings is 2. The lowest BCUT2D eigenvalue weighted by Gasteiger charge is -2.14. The molecule has 0 amide bonds. The smallest absolute Gasteiger partial charge is 0.120 e. The predicted octanol–water partition coefficient (Wildman–Crippen LogP) is 4.10. The van der Waals surface area contributed by atoms with Gasteiger partial charge in [-0.2, -0.15) is 0 Å². The van der Waals surface area contributed by atoms with Gasteiger partial charge in [-0.3, -0.25) is 0 Å². The minimum atomic E-state index is 0.181. The topological polar surface area (TPSA) is 41.5 Å². The molecule has 106 valence electrons. The van der Waals surface area contributed by atoms with E-state index in [2.05, 4.69) is 12.2 Å². The van der Waals surface area contributed by atoms with Gasteiger partial charge >= 0.3 is 0 Å². The van der Waals surface area contributed by atoms with Gasteiger partial charge in [-0.05, 0) is 62.2 Å². The van der Waals surface area contributed by atoms with Crippen LogP contribution in [0.4, 0.5) is 5.69 Å². The molecule has 0 saturated carbocycles. The maximum Gasteiger partial charge on any atom is 0.120 e. The van der Waals surface area contributed by atoms with Crippen molar-refractivity contribution in [3.63, 3.8) is 0 Å². The summed E-state index contributed by atoms with van der Waals surface area (Å²) in [5, 5.41) is 12.8. The van der Waals surface area contributed by atoms with Crippen molar-refractivity contribution >= 4 is 5.69 Å². The molecule has 3 heteroatoms. The Hall–Kier alpha value is -2.16. The number of hydrogen-bond acceptors (Lipinski definition) is 3. The highest BCUT2D eigenvalue weighted by Gasteiger charge is 2.03. The van der Waals surface area contributed by atoms with E-state index in [0.29, 0.717) is 12.3 Å². The summed E-state index contributed by atoms with van der Waals surface area (Å²) >= 11 is 0. The van der Waals surface area contributed by atoms with E-state index in [9.17, 15) is 5.11 Å². The van der Waals surface area contributed by atoms with E-state index in [-0.39, 0.29) is 6.10 Å². The summed E-state index contributed by atoms with van der Waals surface area (Å²) in [6, 6.07) is 13.3. The van der Waals surface area contributed by atoms with Gasteiger partial charge in [0.1, 0.15) is 11.5 Å². The van der Waals surface area contributed by atoms with Gasteiger partial charge in [0.25, 0.3) is 0 Å². The molecule has 2 rings (SSSR count). The normalized spacial score (nSPS) is 10.6. The van der Waals surface area contributed by atoms with Crippen molar-refractivity contribution in [3.05, 3.63) is 53.6 Å². The largest absolute Gasteiger partial charge is 0.508 e. The summed E-state index contributed by atoms with van der Waals surface area (Å²) < 4.78 is 5.67. The fraction of sp³-hybridized carbons (Fsp3) is 0.294. The van der Waals surface area contributed by atoms with Crippen molar-refractivity contribution in [1.82, 2.24) is 0 Å². The van der Waals surface area contributed by atoms with Crippen molar-refractivity contribution < 1.29 is 9.84 Å². The van der Waals surface area contributed by atoms with Crippen LogP contribution in [0.3, 0.4) is 0 Å². The van der Waals surface area contributed by atoms with Gasteiger partial charge in [-0.1, -0.05) is 12.1 Å². The minimum Gasteiger partial charge on any atom is -0.508 e. The maximum absolute atomic E-state index is 9.44. The van der Waals surface area contributed by atoms with E-state index >= 15 is 0 Å². The fourth-order valence-corrected chi connectivity index (χ4v) is 2.04. The van der Waals surface area contributed by atoms with Gasteiger partial charge in [0.05, 0.1) is 6.10 Å². The second-order valence-electron chi connectivity index (χ2n) is 5.17. The quantitative estimate of drug-likeness (QED) is 0.860. The van der Waals surface area contributed by atoms with Crippen LogP contribution < -0.4 is 10.1 Å². The van der Waals surface area contributed by atoms with E-state index < -0.39 is 0 Å². The highest BCUT2D eigenvalue weighted by molar-refractivity contribution is 5.54. The molecular formula is C17H21NO2. The van der Waals surface area contributed by atoms with Gasteiger partial charge in [-0.15, -0.1) is 0 Å². The van der Waals surface area contributed by atoms with E-state index in [4.69, 9.17) is 4.74 Å². The van der Waals surface area contributed by atoms with Gasteiger partial charge in [0.15, 0.2) is 0 Å². The number of nitrogens with one attached hydrogen (secondary N) is 1. The van der Waals surface area contributed by atoms with Crippen molar-refractivity contribution in [2.45, 2.75) is 33.4 Å². The zero-order valence-corrected chi connectivity index (χ0v) is 12.2. The lowest BCUT2D eigenvalue weighted by Crippen LogP contribution is -2.06. The van der Waals surface area contributed by atoms with E-state index in [1.54, 1.807) is 12.1 Å². The van der Waals surface area contributed by atoms with Crippen LogP contribution in [0.1, 0.15) is 25.0 Å². The highest BCUT2D eigenvalue weighted by Crippen LogP contribution is 2.23. The molecule has 0 aliphatic carbocycles. The number of ether oxygens (including phenoxy) is 1. The highest BCUT2D eigenvalue weighted by atomic mass is 16.5. The number of hydrogen-bond donors (Lipinski definition) is 2. The molecule has 20 heavy (non-hydrogen) atoms. The van der Waals surface area contributed by atoms with E-state index in [1.807, 2.05) is 44.2 Å². The lowest BCUT2D eigenvalue weighted by atomic mass is 10.1. The Labute approximate surface area is 120 Å². The molecule has 0 atom stereocenters. The van der Waals surface area contributed by atoms with Gasteiger partial charge in [0, 0.05) is 12.2 Å². The molecule has 0 aliphatic heterocycles. The van der Waals surface area contributed by atoms with Crippen LogP contribution in [0.5, 0.6) is 11.5 Å². The Kier molecular flexibility index (Phi) is 4.51. The van der Waals surface area contributed by atoms with Crippen LogP contribution in [0.15, 0.2) is 42.5 Å². The Morgan fingerprint density at radius 3 is 2.60 bits per heavy atom. The summed E-state index contributed by atoms with van der Waals surface area (Å²) in [5.74, 6) is 1.18. The van der Waals surface area contributed by atoms with Crippen LogP contribution in [0.2, 0.25) is 0 Å². The third kappa shape index (κ3) is 3.92. The summed E-state index contributed by atoms with van der Waals surface area (Å²) in [6.45, 7) is 6.77. The molecule has 0 aliphatic rings. The molecular weight excluding hydrogens is 250 g/mol. The lowest BCUT2D eigenvalue weighted by molar-refractivity contribution is 0.242. The van der Waals surface area contributed by atoms with Crippen molar-refractivity contribution in [1.29, 1.82) is 0 Å². The Morgan fingerprint density at radius 2 is 1.95 bits per heavy atom. The second kappa shape index (κ2) is 6.33. The first-order valence-electron chi connectivity index (χ1n) is 6.83. The molecule has 2 N–H and O–H groups in total. The number of aryl methyl sites for hydroxylation is 1. The molecule has 2 aromatic carbocycles. The molecule has 0 bridgehead atoms. The Balaban J connectivity index is 2.03. The minimum absolute atomic E-state index is 0.181. The van der Waals surface area contributed by atoms with Crippen molar-refractivity contribution in [2.24, 2.45) is 0 Å². The summed E-state index contributed by atoms with van der Waals surface area (Å²) in [4.78, 5) is 0. The third-order valence-corrected chi connectivity index (χ3v) is 2.96. The maximum atomic E-state index is 9.44. The first kappa shape index (κ1) is 14.3. The standard InChI is InChI=1S/C17H21NO2/c1-12(2)20-16-7-8-17(13(3)9-16)18-11-14-5-4-6-15(19)10-14/h4-10,12,18-19H,11H2,1-3H3. The number of aromatic hydroxyl groups is 1. The van der Waals surface area contributed by atoms with Gasteiger partial charge < -0.3 is 15.2 Å². The second-order valence-corrected chi connectivity index (χ2v) is 5.17.